The molecule has 0 fully saturated rings. The molecule has 0 aliphatic carbocycles. The van der Waals surface area contributed by atoms with Gasteiger partial charge in [-0.2, -0.15) is 11.8 Å². The Kier molecular flexibility index (Phi) is 7.65. The van der Waals surface area contributed by atoms with Gasteiger partial charge < -0.3 is 10.6 Å². The van der Waals surface area contributed by atoms with Gasteiger partial charge in [0.15, 0.2) is 5.11 Å². The van der Waals surface area contributed by atoms with Crippen LogP contribution in [-0.4, -0.2) is 17.4 Å². The first-order valence-corrected chi connectivity index (χ1v) is 9.21. The summed E-state index contributed by atoms with van der Waals surface area (Å²) in [6, 6.07) is 14.3. The molecule has 2 rings (SSSR count). The van der Waals surface area contributed by atoms with E-state index in [0.29, 0.717) is 15.9 Å². The summed E-state index contributed by atoms with van der Waals surface area (Å²) in [5.74, 6) is 1.51. The topological polar surface area (TPSA) is 24.1 Å². The molecule has 0 aromatic heterocycles. The van der Waals surface area contributed by atoms with Crippen LogP contribution < -0.4 is 10.6 Å². The third-order valence-corrected chi connectivity index (χ3v) is 4.66. The van der Waals surface area contributed by atoms with Gasteiger partial charge in [0.05, 0.1) is 0 Å². The van der Waals surface area contributed by atoms with Crippen molar-refractivity contribution in [2.45, 2.75) is 12.2 Å². The van der Waals surface area contributed by atoms with Crippen molar-refractivity contribution < 1.29 is 4.39 Å². The van der Waals surface area contributed by atoms with Gasteiger partial charge in [0.25, 0.3) is 0 Å². The van der Waals surface area contributed by atoms with E-state index in [4.69, 9.17) is 23.8 Å². The highest BCUT2D eigenvalue weighted by Crippen LogP contribution is 2.16. The third kappa shape index (κ3) is 6.77. The van der Waals surface area contributed by atoms with Crippen molar-refractivity contribution in [1.82, 2.24) is 5.32 Å². The van der Waals surface area contributed by atoms with Crippen molar-refractivity contribution in [1.29, 1.82) is 0 Å². The number of hydrogen-bond donors (Lipinski definition) is 2. The Morgan fingerprint density at radius 3 is 2.61 bits per heavy atom. The first-order chi connectivity index (χ1) is 11.1. The molecule has 0 amide bonds. The van der Waals surface area contributed by atoms with E-state index in [0.717, 1.165) is 30.0 Å². The molecule has 2 N–H and O–H groups in total. The SMILES string of the molecule is Fc1ccccc1CSCCCNC(=S)Nc1ccc(Cl)cc1. The zero-order valence-corrected chi connectivity index (χ0v) is 14.9. The van der Waals surface area contributed by atoms with Crippen LogP contribution in [0, 0.1) is 5.82 Å². The third-order valence-electron chi connectivity index (χ3n) is 3.07. The van der Waals surface area contributed by atoms with Gasteiger partial charge in [-0.25, -0.2) is 4.39 Å². The van der Waals surface area contributed by atoms with Crippen molar-refractivity contribution in [2.24, 2.45) is 0 Å². The van der Waals surface area contributed by atoms with Crippen LogP contribution >= 0.6 is 35.6 Å². The molecular weight excluding hydrogens is 351 g/mol. The van der Waals surface area contributed by atoms with Crippen LogP contribution in [0.15, 0.2) is 48.5 Å². The lowest BCUT2D eigenvalue weighted by Gasteiger charge is -2.10. The normalized spacial score (nSPS) is 10.3. The molecule has 2 nitrogen and oxygen atoms in total. The molecule has 0 saturated carbocycles. The summed E-state index contributed by atoms with van der Waals surface area (Å²) in [5.41, 5.74) is 1.66. The Morgan fingerprint density at radius 1 is 1.13 bits per heavy atom. The van der Waals surface area contributed by atoms with Gasteiger partial charge in [-0.15, -0.1) is 0 Å². The number of nitrogens with one attached hydrogen (secondary N) is 2. The van der Waals surface area contributed by atoms with E-state index in [9.17, 15) is 4.39 Å². The van der Waals surface area contributed by atoms with Crippen LogP contribution in [0.3, 0.4) is 0 Å². The second-order valence-electron chi connectivity index (χ2n) is 4.89. The molecular formula is C17H18ClFN2S2. The Hall–Kier alpha value is -1.30. The zero-order valence-electron chi connectivity index (χ0n) is 12.5. The maximum Gasteiger partial charge on any atom is 0.170 e. The lowest BCUT2D eigenvalue weighted by atomic mass is 10.2. The van der Waals surface area contributed by atoms with Crippen molar-refractivity contribution >= 4 is 46.4 Å². The lowest BCUT2D eigenvalue weighted by molar-refractivity contribution is 0.617. The molecule has 0 atom stereocenters. The van der Waals surface area contributed by atoms with Gasteiger partial charge in [0.2, 0.25) is 0 Å². The Labute approximate surface area is 150 Å². The molecule has 0 spiro atoms. The van der Waals surface area contributed by atoms with Crippen LogP contribution in [0.1, 0.15) is 12.0 Å². The van der Waals surface area contributed by atoms with Crippen molar-refractivity contribution in [2.75, 3.05) is 17.6 Å². The Bertz CT molecular complexity index is 635. The first-order valence-electron chi connectivity index (χ1n) is 7.27. The highest BCUT2D eigenvalue weighted by atomic mass is 35.5. The summed E-state index contributed by atoms with van der Waals surface area (Å²) >= 11 is 12.8. The van der Waals surface area contributed by atoms with Crippen molar-refractivity contribution in [3.63, 3.8) is 0 Å². The summed E-state index contributed by atoms with van der Waals surface area (Å²) in [6.07, 6.45) is 0.960. The molecule has 0 radical (unpaired) electrons. The number of halogens is 2. The van der Waals surface area contributed by atoms with E-state index in [1.54, 1.807) is 17.8 Å². The fourth-order valence-electron chi connectivity index (χ4n) is 1.88. The maximum absolute atomic E-state index is 13.4. The zero-order chi connectivity index (χ0) is 16.5. The summed E-state index contributed by atoms with van der Waals surface area (Å²) in [6.45, 7) is 0.781. The number of hydrogen-bond acceptors (Lipinski definition) is 2. The highest BCUT2D eigenvalue weighted by Gasteiger charge is 2.01. The smallest absolute Gasteiger partial charge is 0.170 e. The molecule has 6 heteroatoms. The van der Waals surface area contributed by atoms with Crippen LogP contribution in [0.25, 0.3) is 0 Å². The average molecular weight is 369 g/mol. The number of thioether (sulfide) groups is 1. The van der Waals surface area contributed by atoms with E-state index in [-0.39, 0.29) is 5.82 Å². The first kappa shape index (κ1) is 18.0. The molecule has 23 heavy (non-hydrogen) atoms. The van der Waals surface area contributed by atoms with Crippen molar-refractivity contribution in [3.8, 4) is 0 Å². The molecule has 0 aliphatic heterocycles. The standard InChI is InChI=1S/C17H18ClFN2S2/c18-14-6-8-15(9-7-14)21-17(22)20-10-3-11-23-12-13-4-1-2-5-16(13)19/h1-2,4-9H,3,10-12H2,(H2,20,21,22). The minimum atomic E-state index is -0.133. The van der Waals surface area contributed by atoms with Crippen LogP contribution in [-0.2, 0) is 5.75 Å². The van der Waals surface area contributed by atoms with Crippen LogP contribution in [0.4, 0.5) is 10.1 Å². The van der Waals surface area contributed by atoms with E-state index < -0.39 is 0 Å². The lowest BCUT2D eigenvalue weighted by Crippen LogP contribution is -2.29. The minimum absolute atomic E-state index is 0.133. The molecule has 0 saturated heterocycles. The largest absolute Gasteiger partial charge is 0.362 e. The Morgan fingerprint density at radius 2 is 1.87 bits per heavy atom. The van der Waals surface area contributed by atoms with E-state index in [2.05, 4.69) is 10.6 Å². The molecule has 0 bridgehead atoms. The molecule has 122 valence electrons. The number of anilines is 1. The monoisotopic (exact) mass is 368 g/mol. The number of thiocarbonyl (C=S) groups is 1. The van der Waals surface area contributed by atoms with E-state index in [1.807, 2.05) is 36.4 Å². The number of rotatable bonds is 7. The molecule has 2 aromatic carbocycles. The van der Waals surface area contributed by atoms with Gasteiger partial charge in [-0.3, -0.25) is 0 Å². The molecule has 2 aromatic rings. The van der Waals surface area contributed by atoms with Gasteiger partial charge in [-0.1, -0.05) is 29.8 Å². The summed E-state index contributed by atoms with van der Waals surface area (Å²) < 4.78 is 13.4. The second-order valence-corrected chi connectivity index (χ2v) is 6.84. The predicted molar refractivity (Wildman–Crippen MR) is 103 cm³/mol. The summed E-state index contributed by atoms with van der Waals surface area (Å²) in [7, 11) is 0. The maximum atomic E-state index is 13.4. The number of benzene rings is 2. The second kappa shape index (κ2) is 9.75. The fourth-order valence-corrected chi connectivity index (χ4v) is 3.17. The van der Waals surface area contributed by atoms with Crippen LogP contribution in [0.2, 0.25) is 5.02 Å². The van der Waals surface area contributed by atoms with Gasteiger partial charge >= 0.3 is 0 Å². The van der Waals surface area contributed by atoms with Gasteiger partial charge in [0, 0.05) is 23.0 Å². The predicted octanol–water partition coefficient (Wildman–Crippen LogP) is 5.09. The molecule has 0 unspecified atom stereocenters. The molecule has 0 aliphatic rings. The van der Waals surface area contributed by atoms with E-state index in [1.165, 1.54) is 6.07 Å². The molecule has 0 heterocycles. The quantitative estimate of drug-likeness (QED) is 0.525. The van der Waals surface area contributed by atoms with Gasteiger partial charge in [0.1, 0.15) is 5.82 Å². The van der Waals surface area contributed by atoms with Crippen molar-refractivity contribution in [3.05, 3.63) is 64.9 Å². The summed E-state index contributed by atoms with van der Waals surface area (Å²) in [5, 5.41) is 7.54. The summed E-state index contributed by atoms with van der Waals surface area (Å²) in [4.78, 5) is 0. The Balaban J connectivity index is 1.57. The minimum Gasteiger partial charge on any atom is -0.362 e. The fraction of sp³-hybridized carbons (Fsp3) is 0.235. The highest BCUT2D eigenvalue weighted by molar-refractivity contribution is 7.98. The van der Waals surface area contributed by atoms with Gasteiger partial charge in [-0.05, 0) is 60.3 Å². The average Bonchev–Trinajstić information content (AvgIpc) is 2.54. The van der Waals surface area contributed by atoms with E-state index >= 15 is 0 Å². The van der Waals surface area contributed by atoms with Crippen LogP contribution in [0.5, 0.6) is 0 Å².